The van der Waals surface area contributed by atoms with E-state index in [1.165, 1.54) is 5.56 Å². The summed E-state index contributed by atoms with van der Waals surface area (Å²) in [5, 5.41) is 10.4. The summed E-state index contributed by atoms with van der Waals surface area (Å²) in [5.41, 5.74) is 3.62. The van der Waals surface area contributed by atoms with Gasteiger partial charge >= 0.3 is 0 Å². The van der Waals surface area contributed by atoms with Crippen LogP contribution in [0, 0.1) is 0 Å². The molecule has 142 valence electrons. The maximum absolute atomic E-state index is 12.7. The lowest BCUT2D eigenvalue weighted by atomic mass is 10.1. The van der Waals surface area contributed by atoms with Gasteiger partial charge in [-0.25, -0.2) is 0 Å². The van der Waals surface area contributed by atoms with E-state index in [9.17, 15) is 4.79 Å². The number of nitrogens with zero attached hydrogens (tertiary/aromatic N) is 2. The maximum Gasteiger partial charge on any atom is 0.272 e. The van der Waals surface area contributed by atoms with Crippen molar-refractivity contribution in [2.75, 3.05) is 26.3 Å². The number of benzene rings is 1. The molecule has 7 nitrogen and oxygen atoms in total. The molecule has 0 saturated carbocycles. The molecule has 2 saturated heterocycles. The molecule has 5 rings (SSSR count). The van der Waals surface area contributed by atoms with Gasteiger partial charge in [-0.15, -0.1) is 0 Å². The van der Waals surface area contributed by atoms with Gasteiger partial charge in [0.05, 0.1) is 25.9 Å². The molecule has 0 radical (unpaired) electrons. The predicted octanol–water partition coefficient (Wildman–Crippen LogP) is 1.43. The molecule has 3 aliphatic heterocycles. The van der Waals surface area contributed by atoms with E-state index in [2.05, 4.69) is 32.5 Å². The van der Waals surface area contributed by atoms with Crippen LogP contribution < -0.4 is 5.32 Å². The van der Waals surface area contributed by atoms with Crippen molar-refractivity contribution in [2.45, 2.75) is 37.6 Å². The molecule has 4 heterocycles. The van der Waals surface area contributed by atoms with Crippen LogP contribution in [0.15, 0.2) is 30.3 Å². The highest BCUT2D eigenvalue weighted by Crippen LogP contribution is 2.30. The second kappa shape index (κ2) is 7.07. The monoisotopic (exact) mass is 368 g/mol. The second-order valence-electron chi connectivity index (χ2n) is 7.58. The zero-order valence-electron chi connectivity index (χ0n) is 15.2. The van der Waals surface area contributed by atoms with Gasteiger partial charge in [-0.3, -0.25) is 14.8 Å². The van der Waals surface area contributed by atoms with Crippen molar-refractivity contribution in [1.29, 1.82) is 0 Å². The molecule has 2 N–H and O–H groups in total. The van der Waals surface area contributed by atoms with E-state index < -0.39 is 0 Å². The van der Waals surface area contributed by atoms with E-state index >= 15 is 0 Å². The van der Waals surface area contributed by atoms with Gasteiger partial charge in [0.25, 0.3) is 5.91 Å². The molecule has 3 atom stereocenters. The fraction of sp³-hybridized carbons (Fsp3) is 0.500. The molecular formula is C20H24N4O3. The first-order valence-corrected chi connectivity index (χ1v) is 9.63. The number of hydrogen-bond acceptors (Lipinski definition) is 5. The number of aromatic amines is 1. The number of aromatic nitrogens is 2. The molecule has 27 heavy (non-hydrogen) atoms. The summed E-state index contributed by atoms with van der Waals surface area (Å²) in [4.78, 5) is 15.2. The quantitative estimate of drug-likeness (QED) is 0.857. The lowest BCUT2D eigenvalue weighted by Gasteiger charge is -2.35. The summed E-state index contributed by atoms with van der Waals surface area (Å²) in [5.74, 6) is -0.108. The van der Waals surface area contributed by atoms with Crippen LogP contribution >= 0.6 is 0 Å². The average molecular weight is 368 g/mol. The van der Waals surface area contributed by atoms with Crippen LogP contribution in [-0.4, -0.2) is 59.4 Å². The number of carbonyl (C=O) groups excluding carboxylic acids is 1. The van der Waals surface area contributed by atoms with Crippen LogP contribution in [0.25, 0.3) is 0 Å². The average Bonchev–Trinajstić information content (AvgIpc) is 3.31. The smallest absolute Gasteiger partial charge is 0.272 e. The first kappa shape index (κ1) is 16.9. The number of nitrogens with one attached hydrogen (secondary N) is 2. The minimum Gasteiger partial charge on any atom is -0.376 e. The Morgan fingerprint density at radius 1 is 1.26 bits per heavy atom. The highest BCUT2D eigenvalue weighted by atomic mass is 16.5. The largest absolute Gasteiger partial charge is 0.376 e. The highest BCUT2D eigenvalue weighted by molar-refractivity contribution is 5.94. The van der Waals surface area contributed by atoms with Gasteiger partial charge in [-0.1, -0.05) is 30.3 Å². The molecule has 1 aromatic carbocycles. The molecular weight excluding hydrogens is 344 g/mol. The van der Waals surface area contributed by atoms with Gasteiger partial charge in [-0.05, 0) is 12.0 Å². The molecule has 0 bridgehead atoms. The van der Waals surface area contributed by atoms with Gasteiger partial charge in [-0.2, -0.15) is 5.10 Å². The van der Waals surface area contributed by atoms with Crippen LogP contribution in [0.1, 0.15) is 39.8 Å². The minimum atomic E-state index is -0.108. The zero-order chi connectivity index (χ0) is 18.2. The third-order valence-electron chi connectivity index (χ3n) is 5.84. The molecule has 1 amide bonds. The fourth-order valence-electron chi connectivity index (χ4n) is 4.40. The standard InChI is InChI=1S/C20H24N4O3/c25-20(19-16-12-26-7-6-17(16)22-23-19)21-14-8-15-11-27-18(10-24(15)9-14)13-4-2-1-3-5-13/h1-5,14-15,18H,6-12H2,(H,21,25)(H,22,23)/t14-,15-,18+/m0/s1. The second-order valence-corrected chi connectivity index (χ2v) is 7.58. The van der Waals surface area contributed by atoms with Crippen LogP contribution in [0.3, 0.4) is 0 Å². The SMILES string of the molecule is O=C(N[C@H]1C[C@H]2CO[C@@H](c3ccccc3)CN2C1)c1n[nH]c2c1COCC2. The number of morpholine rings is 1. The number of carbonyl (C=O) groups is 1. The zero-order valence-corrected chi connectivity index (χ0v) is 15.2. The topological polar surface area (TPSA) is 79.5 Å². The number of ether oxygens (including phenoxy) is 2. The van der Waals surface area contributed by atoms with Crippen molar-refractivity contribution in [3.63, 3.8) is 0 Å². The van der Waals surface area contributed by atoms with E-state index in [4.69, 9.17) is 9.47 Å². The van der Waals surface area contributed by atoms with Gasteiger partial charge in [0, 0.05) is 42.9 Å². The molecule has 3 aliphatic rings. The molecule has 7 heteroatoms. The van der Waals surface area contributed by atoms with E-state index in [-0.39, 0.29) is 18.1 Å². The molecule has 0 spiro atoms. The van der Waals surface area contributed by atoms with Crippen LogP contribution in [0.4, 0.5) is 0 Å². The summed E-state index contributed by atoms with van der Waals surface area (Å²) in [6.45, 7) is 3.56. The molecule has 0 aliphatic carbocycles. The minimum absolute atomic E-state index is 0.104. The lowest BCUT2D eigenvalue weighted by Crippen LogP contribution is -2.43. The Labute approximate surface area is 158 Å². The Hall–Kier alpha value is -2.22. The molecule has 2 aromatic rings. The molecule has 0 unspecified atom stereocenters. The summed E-state index contributed by atoms with van der Waals surface area (Å²) in [6.07, 6.45) is 1.80. The third-order valence-corrected chi connectivity index (χ3v) is 5.84. The van der Waals surface area contributed by atoms with Crippen molar-refractivity contribution in [1.82, 2.24) is 20.4 Å². The Balaban J connectivity index is 1.22. The van der Waals surface area contributed by atoms with Crippen molar-refractivity contribution in [3.8, 4) is 0 Å². The van der Waals surface area contributed by atoms with E-state index in [0.717, 1.165) is 37.2 Å². The van der Waals surface area contributed by atoms with E-state index in [1.807, 2.05) is 18.2 Å². The summed E-state index contributed by atoms with van der Waals surface area (Å²) in [6, 6.07) is 10.8. The Kier molecular flexibility index (Phi) is 4.43. The van der Waals surface area contributed by atoms with Crippen molar-refractivity contribution < 1.29 is 14.3 Å². The first-order chi connectivity index (χ1) is 13.3. The Morgan fingerprint density at radius 3 is 3.04 bits per heavy atom. The number of fused-ring (bicyclic) bond motifs is 2. The van der Waals surface area contributed by atoms with Crippen molar-refractivity contribution in [2.24, 2.45) is 0 Å². The first-order valence-electron chi connectivity index (χ1n) is 9.63. The normalized spacial score (nSPS) is 27.8. The van der Waals surface area contributed by atoms with Crippen molar-refractivity contribution in [3.05, 3.63) is 52.8 Å². The van der Waals surface area contributed by atoms with Crippen LogP contribution in [0.5, 0.6) is 0 Å². The predicted molar refractivity (Wildman–Crippen MR) is 98.3 cm³/mol. The van der Waals surface area contributed by atoms with E-state index in [1.54, 1.807) is 0 Å². The number of H-pyrrole nitrogens is 1. The van der Waals surface area contributed by atoms with Crippen LogP contribution in [0.2, 0.25) is 0 Å². The lowest BCUT2D eigenvalue weighted by molar-refractivity contribution is -0.0502. The third kappa shape index (κ3) is 3.26. The maximum atomic E-state index is 12.7. The number of hydrogen-bond donors (Lipinski definition) is 2. The van der Waals surface area contributed by atoms with Gasteiger partial charge in [0.15, 0.2) is 5.69 Å². The van der Waals surface area contributed by atoms with Gasteiger partial charge in [0.2, 0.25) is 0 Å². The molecule has 2 fully saturated rings. The summed E-state index contributed by atoms with van der Waals surface area (Å²) in [7, 11) is 0. The van der Waals surface area contributed by atoms with Gasteiger partial charge in [0.1, 0.15) is 0 Å². The van der Waals surface area contributed by atoms with Crippen molar-refractivity contribution >= 4 is 5.91 Å². The van der Waals surface area contributed by atoms with Gasteiger partial charge < -0.3 is 14.8 Å². The summed E-state index contributed by atoms with van der Waals surface area (Å²) >= 11 is 0. The number of amides is 1. The Bertz CT molecular complexity index is 822. The fourth-order valence-corrected chi connectivity index (χ4v) is 4.40. The van der Waals surface area contributed by atoms with Crippen LogP contribution in [-0.2, 0) is 22.5 Å². The highest BCUT2D eigenvalue weighted by Gasteiger charge is 2.38. The number of rotatable bonds is 3. The molecule has 1 aromatic heterocycles. The van der Waals surface area contributed by atoms with E-state index in [0.29, 0.717) is 31.6 Å². The Morgan fingerprint density at radius 2 is 2.15 bits per heavy atom. The summed E-state index contributed by atoms with van der Waals surface area (Å²) < 4.78 is 11.6.